The highest BCUT2D eigenvalue weighted by Crippen LogP contribution is 2.20. The average Bonchev–Trinajstić information content (AvgIpc) is 2.17. The highest BCUT2D eigenvalue weighted by molar-refractivity contribution is 5.74. The monoisotopic (exact) mass is 198 g/mol. The molecular weight excluding hydrogens is 187 g/mol. The second-order valence-electron chi connectivity index (χ2n) is 3.07. The number of hydrogen-bond acceptors (Lipinski definition) is 2. The number of alkyl halides is 1. The molecule has 2 N–H and O–H groups in total. The molecule has 0 aliphatic carbocycles. The lowest BCUT2D eigenvalue weighted by Gasteiger charge is -2.10. The molecule has 0 heterocycles. The fraction of sp³-hybridized carbons (Fsp3) is 0.300. The van der Waals surface area contributed by atoms with Crippen molar-refractivity contribution in [3.63, 3.8) is 0 Å². The molecule has 76 valence electrons. The third-order valence-corrected chi connectivity index (χ3v) is 2.03. The first kappa shape index (κ1) is 10.7. The summed E-state index contributed by atoms with van der Waals surface area (Å²) in [7, 11) is 0. The van der Waals surface area contributed by atoms with Crippen molar-refractivity contribution in [2.75, 3.05) is 0 Å². The summed E-state index contributed by atoms with van der Waals surface area (Å²) in [6, 6.07) is 4.53. The van der Waals surface area contributed by atoms with Gasteiger partial charge in [0, 0.05) is 0 Å². The first-order valence-electron chi connectivity index (χ1n) is 4.12. The van der Waals surface area contributed by atoms with Crippen LogP contribution >= 0.6 is 0 Å². The summed E-state index contributed by atoms with van der Waals surface area (Å²) in [6.45, 7) is 1.00. The van der Waals surface area contributed by atoms with E-state index < -0.39 is 18.7 Å². The van der Waals surface area contributed by atoms with Gasteiger partial charge in [-0.05, 0) is 29.7 Å². The zero-order valence-electron chi connectivity index (χ0n) is 7.70. The Morgan fingerprint density at radius 3 is 2.71 bits per heavy atom. The maximum absolute atomic E-state index is 12.3. The molecule has 0 aliphatic rings. The maximum atomic E-state index is 12.3. The van der Waals surface area contributed by atoms with Crippen LogP contribution in [0.15, 0.2) is 18.2 Å². The van der Waals surface area contributed by atoms with Crippen molar-refractivity contribution in [1.29, 1.82) is 0 Å². The van der Waals surface area contributed by atoms with Crippen LogP contribution < -0.4 is 0 Å². The Kier molecular flexibility index (Phi) is 3.19. The van der Waals surface area contributed by atoms with Crippen LogP contribution in [0, 0.1) is 6.92 Å². The Balaban J connectivity index is 3.11. The number of aliphatic carboxylic acids is 1. The van der Waals surface area contributed by atoms with Crippen molar-refractivity contribution in [3.05, 3.63) is 34.9 Å². The van der Waals surface area contributed by atoms with E-state index in [1.54, 1.807) is 19.1 Å². The van der Waals surface area contributed by atoms with Crippen molar-refractivity contribution < 1.29 is 19.4 Å². The highest BCUT2D eigenvalue weighted by Gasteiger charge is 2.18. The second kappa shape index (κ2) is 4.19. The number of aliphatic hydroxyl groups is 1. The molecule has 1 aromatic rings. The molecule has 14 heavy (non-hydrogen) atoms. The van der Waals surface area contributed by atoms with Gasteiger partial charge in [-0.2, -0.15) is 0 Å². The Bertz CT molecular complexity index is 349. The van der Waals surface area contributed by atoms with Crippen LogP contribution in [0.25, 0.3) is 0 Å². The van der Waals surface area contributed by atoms with E-state index in [9.17, 15) is 14.3 Å². The van der Waals surface area contributed by atoms with E-state index in [1.807, 2.05) is 0 Å². The number of carboxylic acid groups (broad SMARTS) is 1. The lowest BCUT2D eigenvalue weighted by molar-refractivity contribution is -0.147. The fourth-order valence-corrected chi connectivity index (χ4v) is 1.20. The van der Waals surface area contributed by atoms with Crippen LogP contribution in [0.5, 0.6) is 0 Å². The van der Waals surface area contributed by atoms with Gasteiger partial charge in [0.25, 0.3) is 0 Å². The van der Waals surface area contributed by atoms with Gasteiger partial charge in [-0.1, -0.05) is 12.1 Å². The number of aryl methyl sites for hydroxylation is 1. The predicted molar refractivity (Wildman–Crippen MR) is 48.6 cm³/mol. The van der Waals surface area contributed by atoms with Crippen LogP contribution in [-0.4, -0.2) is 16.2 Å². The van der Waals surface area contributed by atoms with Crippen LogP contribution in [0.2, 0.25) is 0 Å². The summed E-state index contributed by atoms with van der Waals surface area (Å²) in [6.07, 6.45) is -1.58. The number of carboxylic acids is 1. The minimum Gasteiger partial charge on any atom is -0.479 e. The van der Waals surface area contributed by atoms with Crippen LogP contribution in [0.3, 0.4) is 0 Å². The summed E-state index contributed by atoms with van der Waals surface area (Å²) < 4.78 is 12.3. The molecule has 0 bridgehead atoms. The van der Waals surface area contributed by atoms with E-state index in [0.717, 1.165) is 0 Å². The maximum Gasteiger partial charge on any atom is 0.337 e. The number of rotatable bonds is 3. The molecule has 0 fully saturated rings. The summed E-state index contributed by atoms with van der Waals surface area (Å²) in [4.78, 5) is 10.5. The third kappa shape index (κ3) is 2.09. The third-order valence-electron chi connectivity index (χ3n) is 2.03. The van der Waals surface area contributed by atoms with E-state index in [4.69, 9.17) is 5.11 Å². The minimum absolute atomic E-state index is 0.243. The van der Waals surface area contributed by atoms with Gasteiger partial charge in [0.05, 0.1) is 0 Å². The number of benzene rings is 1. The fourth-order valence-electron chi connectivity index (χ4n) is 1.20. The van der Waals surface area contributed by atoms with Gasteiger partial charge in [0.1, 0.15) is 6.67 Å². The Morgan fingerprint density at radius 2 is 2.21 bits per heavy atom. The van der Waals surface area contributed by atoms with Gasteiger partial charge in [-0.3, -0.25) is 0 Å². The van der Waals surface area contributed by atoms with Crippen LogP contribution in [-0.2, 0) is 11.5 Å². The van der Waals surface area contributed by atoms with E-state index in [0.29, 0.717) is 11.1 Å². The van der Waals surface area contributed by atoms with Crippen molar-refractivity contribution in [2.24, 2.45) is 0 Å². The van der Waals surface area contributed by atoms with Gasteiger partial charge in [-0.25, -0.2) is 9.18 Å². The van der Waals surface area contributed by atoms with E-state index in [-0.39, 0.29) is 5.56 Å². The first-order valence-corrected chi connectivity index (χ1v) is 4.12. The average molecular weight is 198 g/mol. The zero-order valence-corrected chi connectivity index (χ0v) is 7.70. The van der Waals surface area contributed by atoms with Crippen molar-refractivity contribution in [2.45, 2.75) is 19.7 Å². The lowest BCUT2D eigenvalue weighted by atomic mass is 10.0. The molecule has 1 aromatic carbocycles. The topological polar surface area (TPSA) is 57.5 Å². The Morgan fingerprint density at radius 1 is 1.57 bits per heavy atom. The number of halogens is 1. The molecule has 1 unspecified atom stereocenters. The molecule has 1 rings (SSSR count). The molecule has 0 saturated heterocycles. The Hall–Kier alpha value is -1.42. The van der Waals surface area contributed by atoms with Crippen molar-refractivity contribution in [3.8, 4) is 0 Å². The van der Waals surface area contributed by atoms with Crippen LogP contribution in [0.1, 0.15) is 22.8 Å². The summed E-state index contributed by atoms with van der Waals surface area (Å²) >= 11 is 0. The molecule has 0 amide bonds. The molecule has 0 radical (unpaired) electrons. The normalized spacial score (nSPS) is 12.5. The quantitative estimate of drug-likeness (QED) is 0.775. The van der Waals surface area contributed by atoms with Crippen molar-refractivity contribution in [1.82, 2.24) is 0 Å². The summed E-state index contributed by atoms with van der Waals surface area (Å²) in [5.74, 6) is -1.33. The smallest absolute Gasteiger partial charge is 0.337 e. The summed E-state index contributed by atoms with van der Waals surface area (Å²) in [5.41, 5.74) is 1.25. The molecule has 0 spiro atoms. The molecular formula is C10H11FO3. The van der Waals surface area contributed by atoms with E-state index in [1.165, 1.54) is 6.07 Å². The summed E-state index contributed by atoms with van der Waals surface area (Å²) in [5, 5.41) is 17.9. The molecule has 4 heteroatoms. The van der Waals surface area contributed by atoms with Crippen molar-refractivity contribution >= 4 is 5.97 Å². The second-order valence-corrected chi connectivity index (χ2v) is 3.07. The Labute approximate surface area is 80.8 Å². The number of carbonyl (C=O) groups is 1. The number of aliphatic hydroxyl groups excluding tert-OH is 1. The molecule has 0 aliphatic heterocycles. The zero-order chi connectivity index (χ0) is 10.7. The van der Waals surface area contributed by atoms with E-state index in [2.05, 4.69) is 0 Å². The first-order chi connectivity index (χ1) is 6.56. The molecule has 0 aromatic heterocycles. The van der Waals surface area contributed by atoms with E-state index >= 15 is 0 Å². The van der Waals surface area contributed by atoms with Gasteiger partial charge < -0.3 is 10.2 Å². The molecule has 3 nitrogen and oxygen atoms in total. The van der Waals surface area contributed by atoms with Gasteiger partial charge >= 0.3 is 5.97 Å². The largest absolute Gasteiger partial charge is 0.479 e. The van der Waals surface area contributed by atoms with Crippen LogP contribution in [0.4, 0.5) is 4.39 Å². The molecule has 1 atom stereocenters. The predicted octanol–water partition coefficient (Wildman–Crippen LogP) is 1.58. The standard InChI is InChI=1S/C10H11FO3/c1-6-2-3-7(5-11)4-8(6)9(12)10(13)14/h2-4,9,12H,5H2,1H3,(H,13,14). The highest BCUT2D eigenvalue weighted by atomic mass is 19.1. The van der Waals surface area contributed by atoms with Gasteiger partial charge in [-0.15, -0.1) is 0 Å². The van der Waals surface area contributed by atoms with Gasteiger partial charge in [0.2, 0.25) is 0 Å². The molecule has 0 saturated carbocycles. The number of hydrogen-bond donors (Lipinski definition) is 2. The SMILES string of the molecule is Cc1ccc(CF)cc1C(O)C(=O)O. The lowest BCUT2D eigenvalue weighted by Crippen LogP contribution is -2.12. The minimum atomic E-state index is -1.58. The van der Waals surface area contributed by atoms with Gasteiger partial charge in [0.15, 0.2) is 6.10 Å².